The third kappa shape index (κ3) is 7.36. The number of nitrogens with one attached hydrogen (secondary N) is 1. The van der Waals surface area contributed by atoms with Gasteiger partial charge in [-0.2, -0.15) is 0 Å². The smallest absolute Gasteiger partial charge is 0.241 e. The molecule has 0 aliphatic heterocycles. The molecule has 0 aromatic heterocycles. The number of hydrogen-bond acceptors (Lipinski definition) is 4. The molecule has 1 aromatic carbocycles. The summed E-state index contributed by atoms with van der Waals surface area (Å²) in [7, 11) is 0. The zero-order chi connectivity index (χ0) is 15.0. The number of rotatable bonds is 8. The molecule has 1 rings (SSSR count). The number of carbonyl (C=O) groups excluding carboxylic acids is 2. The van der Waals surface area contributed by atoms with Gasteiger partial charge in [-0.15, -0.1) is 24.2 Å². The summed E-state index contributed by atoms with van der Waals surface area (Å²) in [6.45, 7) is 1.99. The van der Waals surface area contributed by atoms with Crippen LogP contribution in [0, 0.1) is 0 Å². The predicted octanol–water partition coefficient (Wildman–Crippen LogP) is 2.14. The van der Waals surface area contributed by atoms with Gasteiger partial charge in [0.2, 0.25) is 11.8 Å². The average Bonchev–Trinajstić information content (AvgIpc) is 2.40. The summed E-state index contributed by atoms with van der Waals surface area (Å²) >= 11 is 1.49. The SMILES string of the molecule is CCCC(N)C(=O)Nc1ccccc1SCCC(N)=O.Cl. The third-order valence-corrected chi connectivity index (χ3v) is 3.76. The molecule has 0 fully saturated rings. The maximum Gasteiger partial charge on any atom is 0.241 e. The summed E-state index contributed by atoms with van der Waals surface area (Å²) in [4.78, 5) is 23.6. The number of primary amides is 1. The summed E-state index contributed by atoms with van der Waals surface area (Å²) in [6, 6.07) is 6.95. The Kier molecular flexibility index (Phi) is 9.86. The summed E-state index contributed by atoms with van der Waals surface area (Å²) < 4.78 is 0. The van der Waals surface area contributed by atoms with E-state index in [1.807, 2.05) is 31.2 Å². The highest BCUT2D eigenvalue weighted by Crippen LogP contribution is 2.27. The molecule has 0 aliphatic carbocycles. The van der Waals surface area contributed by atoms with Gasteiger partial charge in [0.05, 0.1) is 11.7 Å². The van der Waals surface area contributed by atoms with Crippen molar-refractivity contribution in [1.29, 1.82) is 0 Å². The van der Waals surface area contributed by atoms with Crippen molar-refractivity contribution >= 4 is 41.7 Å². The minimum atomic E-state index is -0.497. The maximum absolute atomic E-state index is 11.9. The van der Waals surface area contributed by atoms with Gasteiger partial charge in [-0.05, 0) is 18.6 Å². The molecule has 0 heterocycles. The lowest BCUT2D eigenvalue weighted by Crippen LogP contribution is -2.35. The fraction of sp³-hybridized carbons (Fsp3) is 0.429. The van der Waals surface area contributed by atoms with Crippen LogP contribution in [0.25, 0.3) is 0 Å². The molecule has 2 amide bonds. The Morgan fingerprint density at radius 3 is 2.62 bits per heavy atom. The molecule has 0 saturated heterocycles. The van der Waals surface area contributed by atoms with Gasteiger partial charge in [0.15, 0.2) is 0 Å². The van der Waals surface area contributed by atoms with Crippen LogP contribution in [0.4, 0.5) is 5.69 Å². The Bertz CT molecular complexity index is 471. The van der Waals surface area contributed by atoms with Gasteiger partial charge in [-0.3, -0.25) is 9.59 Å². The molecular weight excluding hydrogens is 310 g/mol. The van der Waals surface area contributed by atoms with Crippen molar-refractivity contribution in [2.45, 2.75) is 37.1 Å². The Hall–Kier alpha value is -1.24. The number of anilines is 1. The zero-order valence-corrected chi connectivity index (χ0v) is 13.6. The van der Waals surface area contributed by atoms with Gasteiger partial charge in [-0.25, -0.2) is 0 Å². The van der Waals surface area contributed by atoms with E-state index < -0.39 is 6.04 Å². The van der Waals surface area contributed by atoms with Crippen LogP contribution in [0.2, 0.25) is 0 Å². The molecule has 0 spiro atoms. The molecule has 0 aliphatic rings. The van der Waals surface area contributed by atoms with Crippen molar-refractivity contribution in [3.63, 3.8) is 0 Å². The number of amides is 2. The quantitative estimate of drug-likeness (QED) is 0.635. The van der Waals surface area contributed by atoms with Crippen LogP contribution in [0.1, 0.15) is 26.2 Å². The number of halogens is 1. The monoisotopic (exact) mass is 331 g/mol. The van der Waals surface area contributed by atoms with E-state index in [1.54, 1.807) is 0 Å². The Morgan fingerprint density at radius 1 is 1.33 bits per heavy atom. The second-order valence-corrected chi connectivity index (χ2v) is 5.58. The molecule has 0 saturated carbocycles. The van der Waals surface area contributed by atoms with Gasteiger partial charge < -0.3 is 16.8 Å². The highest BCUT2D eigenvalue weighted by molar-refractivity contribution is 7.99. The second kappa shape index (κ2) is 10.5. The largest absolute Gasteiger partial charge is 0.370 e. The van der Waals surface area contributed by atoms with Crippen molar-refractivity contribution < 1.29 is 9.59 Å². The Morgan fingerprint density at radius 2 is 2.00 bits per heavy atom. The van der Waals surface area contributed by atoms with Crippen LogP contribution in [-0.4, -0.2) is 23.6 Å². The first-order valence-corrected chi connectivity index (χ1v) is 7.59. The van der Waals surface area contributed by atoms with Crippen LogP contribution in [0.5, 0.6) is 0 Å². The topological polar surface area (TPSA) is 98.2 Å². The van der Waals surface area contributed by atoms with Crippen LogP contribution < -0.4 is 16.8 Å². The van der Waals surface area contributed by atoms with Gasteiger partial charge in [0.25, 0.3) is 0 Å². The Labute approximate surface area is 135 Å². The number of carbonyl (C=O) groups is 2. The lowest BCUT2D eigenvalue weighted by molar-refractivity contribution is -0.118. The first kappa shape index (κ1) is 19.8. The van der Waals surface area contributed by atoms with E-state index >= 15 is 0 Å². The summed E-state index contributed by atoms with van der Waals surface area (Å²) in [5.41, 5.74) is 11.6. The van der Waals surface area contributed by atoms with E-state index in [4.69, 9.17) is 11.5 Å². The van der Waals surface area contributed by atoms with Gasteiger partial charge in [-0.1, -0.05) is 25.5 Å². The molecule has 1 atom stereocenters. The first-order valence-electron chi connectivity index (χ1n) is 6.61. The van der Waals surface area contributed by atoms with E-state index in [0.717, 1.165) is 17.0 Å². The van der Waals surface area contributed by atoms with Crippen molar-refractivity contribution in [3.8, 4) is 0 Å². The predicted molar refractivity (Wildman–Crippen MR) is 89.7 cm³/mol. The number of nitrogens with two attached hydrogens (primary N) is 2. The van der Waals surface area contributed by atoms with Crippen LogP contribution >= 0.6 is 24.2 Å². The zero-order valence-electron chi connectivity index (χ0n) is 12.0. The second-order valence-electron chi connectivity index (χ2n) is 4.45. The fourth-order valence-electron chi connectivity index (χ4n) is 1.62. The normalized spacial score (nSPS) is 11.3. The van der Waals surface area contributed by atoms with Crippen LogP contribution in [0.3, 0.4) is 0 Å². The maximum atomic E-state index is 11.9. The number of hydrogen-bond donors (Lipinski definition) is 3. The summed E-state index contributed by atoms with van der Waals surface area (Å²) in [6.07, 6.45) is 1.83. The van der Waals surface area contributed by atoms with E-state index in [9.17, 15) is 9.59 Å². The van der Waals surface area contributed by atoms with Crippen molar-refractivity contribution in [1.82, 2.24) is 0 Å². The number of benzene rings is 1. The number of thioether (sulfide) groups is 1. The van der Waals surface area contributed by atoms with E-state index in [2.05, 4.69) is 5.32 Å². The lowest BCUT2D eigenvalue weighted by Gasteiger charge is -2.14. The van der Waals surface area contributed by atoms with Crippen LogP contribution in [-0.2, 0) is 9.59 Å². The van der Waals surface area contributed by atoms with Gasteiger partial charge in [0.1, 0.15) is 0 Å². The molecular formula is C14H22ClN3O2S. The lowest BCUT2D eigenvalue weighted by atomic mass is 10.1. The fourth-order valence-corrected chi connectivity index (χ4v) is 2.60. The molecule has 118 valence electrons. The Balaban J connectivity index is 0.00000400. The minimum Gasteiger partial charge on any atom is -0.370 e. The molecule has 1 aromatic rings. The van der Waals surface area contributed by atoms with Gasteiger partial charge in [0, 0.05) is 17.1 Å². The van der Waals surface area contributed by atoms with Crippen molar-refractivity contribution in [3.05, 3.63) is 24.3 Å². The average molecular weight is 332 g/mol. The summed E-state index contributed by atoms with van der Waals surface area (Å²) in [5, 5.41) is 2.83. The highest BCUT2D eigenvalue weighted by Gasteiger charge is 2.14. The van der Waals surface area contributed by atoms with Crippen molar-refractivity contribution in [2.75, 3.05) is 11.1 Å². The standard InChI is InChI=1S/C14H21N3O2S.ClH/c1-2-5-10(15)14(19)17-11-6-3-4-7-12(11)20-9-8-13(16)18;/h3-4,6-7,10H,2,5,8-9,15H2,1H3,(H2,16,18)(H,17,19);1H. The molecule has 1 unspecified atom stereocenters. The molecule has 21 heavy (non-hydrogen) atoms. The molecule has 5 nitrogen and oxygen atoms in total. The van der Waals surface area contributed by atoms with E-state index in [-0.39, 0.29) is 24.2 Å². The molecule has 0 bridgehead atoms. The summed E-state index contributed by atoms with van der Waals surface area (Å²) in [5.74, 6) is 0.0715. The molecule has 0 radical (unpaired) electrons. The highest BCUT2D eigenvalue weighted by atomic mass is 35.5. The van der Waals surface area contributed by atoms with E-state index in [1.165, 1.54) is 11.8 Å². The van der Waals surface area contributed by atoms with Crippen molar-refractivity contribution in [2.24, 2.45) is 11.5 Å². The van der Waals surface area contributed by atoms with E-state index in [0.29, 0.717) is 18.6 Å². The molecule has 5 N–H and O–H groups in total. The minimum absolute atomic E-state index is 0. The third-order valence-electron chi connectivity index (χ3n) is 2.69. The van der Waals surface area contributed by atoms with Crippen LogP contribution in [0.15, 0.2) is 29.2 Å². The molecule has 7 heteroatoms. The number of para-hydroxylation sites is 1. The first-order chi connectivity index (χ1) is 9.54. The van der Waals surface area contributed by atoms with Gasteiger partial charge >= 0.3 is 0 Å².